The van der Waals surface area contributed by atoms with Gasteiger partial charge in [-0.25, -0.2) is 0 Å². The molecule has 0 spiro atoms. The molecule has 1 aliphatic rings. The molecule has 1 aromatic carbocycles. The zero-order valence-corrected chi connectivity index (χ0v) is 9.75. The van der Waals surface area contributed by atoms with Crippen molar-refractivity contribution >= 4 is 0 Å². The molecule has 1 aliphatic heterocycles. The van der Waals surface area contributed by atoms with Crippen LogP contribution in [0.2, 0.25) is 0 Å². The third-order valence-electron chi connectivity index (χ3n) is 3.18. The lowest BCUT2D eigenvalue weighted by Gasteiger charge is -2.06. The van der Waals surface area contributed by atoms with E-state index in [1.54, 1.807) is 0 Å². The summed E-state index contributed by atoms with van der Waals surface area (Å²) in [5, 5.41) is 4.61. The van der Waals surface area contributed by atoms with E-state index in [1.807, 2.05) is 22.9 Å². The van der Waals surface area contributed by atoms with E-state index in [1.165, 1.54) is 5.56 Å². The first-order valence-electron chi connectivity index (χ1n) is 6.08. The highest BCUT2D eigenvalue weighted by molar-refractivity contribution is 5.57. The van der Waals surface area contributed by atoms with Crippen molar-refractivity contribution < 1.29 is 4.74 Å². The highest BCUT2D eigenvalue weighted by Gasteiger charge is 2.16. The number of rotatable bonds is 3. The second-order valence-corrected chi connectivity index (χ2v) is 4.52. The van der Waals surface area contributed by atoms with E-state index >= 15 is 0 Å². The molecule has 0 bridgehead atoms. The molecule has 1 aromatic heterocycles. The average molecular weight is 228 g/mol. The number of nitrogens with zero attached hydrogens (tertiary/aromatic N) is 2. The van der Waals surface area contributed by atoms with Gasteiger partial charge in [-0.3, -0.25) is 4.68 Å². The zero-order chi connectivity index (χ0) is 11.5. The lowest BCUT2D eigenvalue weighted by atomic mass is 10.1. The molecule has 0 saturated carbocycles. The fourth-order valence-corrected chi connectivity index (χ4v) is 2.22. The normalized spacial score (nSPS) is 19.6. The lowest BCUT2D eigenvalue weighted by Crippen LogP contribution is -2.10. The Kier molecular flexibility index (Phi) is 2.92. The van der Waals surface area contributed by atoms with Gasteiger partial charge in [-0.15, -0.1) is 0 Å². The fourth-order valence-electron chi connectivity index (χ4n) is 2.22. The first-order chi connectivity index (χ1) is 8.42. The maximum absolute atomic E-state index is 5.38. The van der Waals surface area contributed by atoms with E-state index in [2.05, 4.69) is 29.5 Å². The van der Waals surface area contributed by atoms with Crippen LogP contribution in [-0.4, -0.2) is 23.0 Å². The molecule has 17 heavy (non-hydrogen) atoms. The second-order valence-electron chi connectivity index (χ2n) is 4.52. The first-order valence-corrected chi connectivity index (χ1v) is 6.08. The lowest BCUT2D eigenvalue weighted by molar-refractivity contribution is 0.181. The molecule has 0 radical (unpaired) electrons. The molecule has 3 rings (SSSR count). The molecule has 88 valence electrons. The largest absolute Gasteiger partial charge is 0.381 e. The topological polar surface area (TPSA) is 27.1 Å². The Morgan fingerprint density at radius 3 is 2.88 bits per heavy atom. The number of ether oxygens (including phenoxy) is 1. The summed E-state index contributed by atoms with van der Waals surface area (Å²) in [5.74, 6) is 0.624. The molecule has 0 N–H and O–H groups in total. The van der Waals surface area contributed by atoms with E-state index in [9.17, 15) is 0 Å². The quantitative estimate of drug-likeness (QED) is 0.807. The molecule has 0 amide bonds. The molecule has 1 fully saturated rings. The monoisotopic (exact) mass is 228 g/mol. The van der Waals surface area contributed by atoms with Gasteiger partial charge in [0.25, 0.3) is 0 Å². The summed E-state index contributed by atoms with van der Waals surface area (Å²) in [4.78, 5) is 0. The molecular weight excluding hydrogens is 212 g/mol. The SMILES string of the molecule is c1ccc(-c2ccn(CC3CCOC3)n2)cc1. The van der Waals surface area contributed by atoms with Gasteiger partial charge in [0.1, 0.15) is 0 Å². The van der Waals surface area contributed by atoms with E-state index in [0.29, 0.717) is 5.92 Å². The Hall–Kier alpha value is -1.61. The summed E-state index contributed by atoms with van der Waals surface area (Å²) in [7, 11) is 0. The van der Waals surface area contributed by atoms with Crippen molar-refractivity contribution in [1.82, 2.24) is 9.78 Å². The van der Waals surface area contributed by atoms with Crippen LogP contribution >= 0.6 is 0 Å². The number of aromatic nitrogens is 2. The molecule has 2 heterocycles. The summed E-state index contributed by atoms with van der Waals surface area (Å²) < 4.78 is 7.41. The summed E-state index contributed by atoms with van der Waals surface area (Å²) in [6.45, 7) is 2.74. The molecule has 3 heteroatoms. The van der Waals surface area contributed by atoms with Crippen molar-refractivity contribution in [3.05, 3.63) is 42.6 Å². The Bertz CT molecular complexity index is 472. The molecule has 0 aliphatic carbocycles. The predicted molar refractivity (Wildman–Crippen MR) is 66.6 cm³/mol. The summed E-state index contributed by atoms with van der Waals surface area (Å²) in [6.07, 6.45) is 3.21. The Labute approximate surface area is 101 Å². The van der Waals surface area contributed by atoms with Crippen LogP contribution in [0.15, 0.2) is 42.6 Å². The Balaban J connectivity index is 1.74. The summed E-state index contributed by atoms with van der Waals surface area (Å²) >= 11 is 0. The standard InChI is InChI=1S/C14H16N2O/c1-2-4-13(5-3-1)14-6-8-16(15-14)10-12-7-9-17-11-12/h1-6,8,12H,7,9-11H2. The molecule has 2 aromatic rings. The van der Waals surface area contributed by atoms with Crippen molar-refractivity contribution in [3.8, 4) is 11.3 Å². The van der Waals surface area contributed by atoms with Crippen molar-refractivity contribution in [2.75, 3.05) is 13.2 Å². The van der Waals surface area contributed by atoms with Gasteiger partial charge in [-0.1, -0.05) is 30.3 Å². The van der Waals surface area contributed by atoms with Gasteiger partial charge in [0.15, 0.2) is 0 Å². The molecule has 3 nitrogen and oxygen atoms in total. The number of hydrogen-bond acceptors (Lipinski definition) is 2. The van der Waals surface area contributed by atoms with Gasteiger partial charge < -0.3 is 4.74 Å². The minimum Gasteiger partial charge on any atom is -0.381 e. The van der Waals surface area contributed by atoms with Gasteiger partial charge in [0.05, 0.1) is 12.3 Å². The van der Waals surface area contributed by atoms with E-state index < -0.39 is 0 Å². The first kappa shape index (κ1) is 10.5. The van der Waals surface area contributed by atoms with Gasteiger partial charge in [-0.2, -0.15) is 5.10 Å². The van der Waals surface area contributed by atoms with E-state index in [-0.39, 0.29) is 0 Å². The van der Waals surface area contributed by atoms with Crippen molar-refractivity contribution in [2.24, 2.45) is 5.92 Å². The smallest absolute Gasteiger partial charge is 0.0923 e. The van der Waals surface area contributed by atoms with Crippen molar-refractivity contribution in [1.29, 1.82) is 0 Å². The Morgan fingerprint density at radius 1 is 1.24 bits per heavy atom. The summed E-state index contributed by atoms with van der Waals surface area (Å²) in [5.41, 5.74) is 2.22. The van der Waals surface area contributed by atoms with Gasteiger partial charge in [-0.05, 0) is 12.5 Å². The average Bonchev–Trinajstić information content (AvgIpc) is 3.02. The van der Waals surface area contributed by atoms with Crippen LogP contribution < -0.4 is 0 Å². The minimum atomic E-state index is 0.624. The van der Waals surface area contributed by atoms with E-state index in [4.69, 9.17) is 4.74 Å². The van der Waals surface area contributed by atoms with Crippen LogP contribution in [0, 0.1) is 5.92 Å². The second kappa shape index (κ2) is 4.72. The molecule has 1 atom stereocenters. The van der Waals surface area contributed by atoms with Crippen molar-refractivity contribution in [2.45, 2.75) is 13.0 Å². The molecule has 1 saturated heterocycles. The minimum absolute atomic E-state index is 0.624. The zero-order valence-electron chi connectivity index (χ0n) is 9.75. The number of hydrogen-bond donors (Lipinski definition) is 0. The Morgan fingerprint density at radius 2 is 2.12 bits per heavy atom. The number of benzene rings is 1. The fraction of sp³-hybridized carbons (Fsp3) is 0.357. The highest BCUT2D eigenvalue weighted by Crippen LogP contribution is 2.18. The summed E-state index contributed by atoms with van der Waals surface area (Å²) in [6, 6.07) is 12.4. The predicted octanol–water partition coefficient (Wildman–Crippen LogP) is 2.59. The van der Waals surface area contributed by atoms with Crippen LogP contribution in [0.1, 0.15) is 6.42 Å². The van der Waals surface area contributed by atoms with Crippen LogP contribution in [-0.2, 0) is 11.3 Å². The third-order valence-corrected chi connectivity index (χ3v) is 3.18. The van der Waals surface area contributed by atoms with Crippen LogP contribution in [0.25, 0.3) is 11.3 Å². The molecular formula is C14H16N2O. The van der Waals surface area contributed by atoms with Crippen molar-refractivity contribution in [3.63, 3.8) is 0 Å². The van der Waals surface area contributed by atoms with E-state index in [0.717, 1.165) is 31.9 Å². The van der Waals surface area contributed by atoms with Crippen LogP contribution in [0.4, 0.5) is 0 Å². The van der Waals surface area contributed by atoms with Gasteiger partial charge >= 0.3 is 0 Å². The van der Waals surface area contributed by atoms with Crippen LogP contribution in [0.3, 0.4) is 0 Å². The third kappa shape index (κ3) is 2.39. The van der Waals surface area contributed by atoms with Gasteiger partial charge in [0.2, 0.25) is 0 Å². The van der Waals surface area contributed by atoms with Crippen LogP contribution in [0.5, 0.6) is 0 Å². The highest BCUT2D eigenvalue weighted by atomic mass is 16.5. The van der Waals surface area contributed by atoms with Gasteiger partial charge in [0, 0.05) is 30.8 Å². The maximum Gasteiger partial charge on any atom is 0.0923 e. The molecule has 1 unspecified atom stereocenters. The maximum atomic E-state index is 5.38.